The van der Waals surface area contributed by atoms with E-state index in [0.717, 1.165) is 0 Å². The Kier molecular flexibility index (Phi) is 12.0. The van der Waals surface area contributed by atoms with Gasteiger partial charge in [-0.05, 0) is 96.2 Å². The first kappa shape index (κ1) is 33.5. The molecule has 0 saturated carbocycles. The van der Waals surface area contributed by atoms with Crippen molar-refractivity contribution >= 4 is 22.8 Å². The molecular weight excluding hydrogens is 582 g/mol. The molecule has 0 aliphatic carbocycles. The van der Waals surface area contributed by atoms with Crippen LogP contribution in [0.25, 0.3) is 0 Å². The first-order chi connectivity index (χ1) is 20.4. The lowest BCUT2D eigenvalue weighted by Gasteiger charge is -2.25. The van der Waals surface area contributed by atoms with Crippen molar-refractivity contribution in [2.75, 3.05) is 6.61 Å². The van der Waals surface area contributed by atoms with Crippen molar-refractivity contribution in [2.45, 2.75) is 44.1 Å². The Labute approximate surface area is 253 Å². The van der Waals surface area contributed by atoms with Crippen molar-refractivity contribution in [3.05, 3.63) is 143 Å². The molecule has 0 spiro atoms. The number of aliphatic hydroxyl groups is 1. The second-order valence-corrected chi connectivity index (χ2v) is 11.1. The highest BCUT2D eigenvalue weighted by atomic mass is 35.5. The van der Waals surface area contributed by atoms with E-state index in [1.165, 1.54) is 48.5 Å². The summed E-state index contributed by atoms with van der Waals surface area (Å²) in [6.07, 6.45) is 0.0186. The number of carbonyl (C=O) groups excluding carboxylic acids is 2. The minimum atomic E-state index is -0.758. The van der Waals surface area contributed by atoms with Crippen LogP contribution in [0.4, 0.5) is 17.6 Å². The van der Waals surface area contributed by atoms with E-state index in [1.54, 1.807) is 62.4 Å². The van der Waals surface area contributed by atoms with Crippen molar-refractivity contribution < 1.29 is 32.3 Å². The third-order valence-corrected chi connectivity index (χ3v) is 6.79. The zero-order chi connectivity index (χ0) is 31.6. The molecule has 4 aromatic rings. The van der Waals surface area contributed by atoms with E-state index in [1.807, 2.05) is 0 Å². The summed E-state index contributed by atoms with van der Waals surface area (Å²) < 4.78 is 53.7. The van der Waals surface area contributed by atoms with Gasteiger partial charge in [-0.1, -0.05) is 48.5 Å². The molecular formula is C34H32ClF4NO3. The van der Waals surface area contributed by atoms with E-state index in [9.17, 15) is 32.3 Å². The smallest absolute Gasteiger partial charge is 0.222 e. The Morgan fingerprint density at radius 2 is 1.00 bits per heavy atom. The number of benzene rings is 4. The molecule has 0 unspecified atom stereocenters. The molecule has 0 aliphatic heterocycles. The molecule has 4 rings (SSSR count). The van der Waals surface area contributed by atoms with Crippen LogP contribution < -0.4 is 5.32 Å². The van der Waals surface area contributed by atoms with Gasteiger partial charge >= 0.3 is 0 Å². The van der Waals surface area contributed by atoms with Crippen LogP contribution in [0, 0.1) is 23.3 Å². The number of carbonyl (C=O) groups is 2. The van der Waals surface area contributed by atoms with Gasteiger partial charge in [-0.15, -0.1) is 0 Å². The average Bonchev–Trinajstić information content (AvgIpc) is 2.94. The molecule has 0 bridgehead atoms. The number of hydrogen-bond donors (Lipinski definition) is 2. The lowest BCUT2D eigenvalue weighted by atomic mass is 9.88. The van der Waals surface area contributed by atoms with E-state index in [4.69, 9.17) is 11.6 Å². The van der Waals surface area contributed by atoms with Crippen LogP contribution in [0.15, 0.2) is 97.1 Å². The number of amides is 1. The van der Waals surface area contributed by atoms with Crippen molar-refractivity contribution in [1.29, 1.82) is 0 Å². The van der Waals surface area contributed by atoms with Crippen LogP contribution in [0.3, 0.4) is 0 Å². The predicted molar refractivity (Wildman–Crippen MR) is 159 cm³/mol. The Morgan fingerprint density at radius 1 is 0.674 bits per heavy atom. The lowest BCUT2D eigenvalue weighted by molar-refractivity contribution is -0.123. The van der Waals surface area contributed by atoms with Crippen LogP contribution in [0.5, 0.6) is 0 Å². The predicted octanol–water partition coefficient (Wildman–Crippen LogP) is 7.63. The van der Waals surface area contributed by atoms with E-state index in [0.29, 0.717) is 22.3 Å². The molecule has 0 fully saturated rings. The van der Waals surface area contributed by atoms with Gasteiger partial charge in [-0.2, -0.15) is 0 Å². The molecule has 1 amide bonds. The maximum absolute atomic E-state index is 13.6. The van der Waals surface area contributed by atoms with Gasteiger partial charge in [0.2, 0.25) is 11.1 Å². The van der Waals surface area contributed by atoms with E-state index in [-0.39, 0.29) is 25.4 Å². The zero-order valence-corrected chi connectivity index (χ0v) is 24.4. The highest BCUT2D eigenvalue weighted by molar-refractivity contribution is 6.63. The summed E-state index contributed by atoms with van der Waals surface area (Å²) in [6, 6.07) is 23.7. The van der Waals surface area contributed by atoms with E-state index < -0.39 is 45.9 Å². The quantitative estimate of drug-likeness (QED) is 0.143. The molecule has 4 aromatic carbocycles. The molecule has 0 radical (unpaired) electrons. The molecule has 2 N–H and O–H groups in total. The van der Waals surface area contributed by atoms with Gasteiger partial charge < -0.3 is 10.4 Å². The van der Waals surface area contributed by atoms with Crippen molar-refractivity contribution in [1.82, 2.24) is 5.32 Å². The number of hydrogen-bond acceptors (Lipinski definition) is 3. The third kappa shape index (κ3) is 10.6. The monoisotopic (exact) mass is 613 g/mol. The SMILES string of the molecule is CC(C)(CO)NC(=O)CC(c1cccc(F)c1)c1cccc(F)c1.O=C(Cl)CC(c1cccc(F)c1)c1cccc(F)c1. The van der Waals surface area contributed by atoms with Gasteiger partial charge in [-0.3, -0.25) is 9.59 Å². The highest BCUT2D eigenvalue weighted by Gasteiger charge is 2.24. The van der Waals surface area contributed by atoms with Crippen LogP contribution >= 0.6 is 11.6 Å². The topological polar surface area (TPSA) is 66.4 Å². The van der Waals surface area contributed by atoms with E-state index >= 15 is 0 Å². The Balaban J connectivity index is 0.000000242. The molecule has 0 aromatic heterocycles. The van der Waals surface area contributed by atoms with Gasteiger partial charge in [0.15, 0.2) is 0 Å². The molecule has 43 heavy (non-hydrogen) atoms. The highest BCUT2D eigenvalue weighted by Crippen LogP contribution is 2.31. The van der Waals surface area contributed by atoms with Crippen molar-refractivity contribution in [3.63, 3.8) is 0 Å². The number of aliphatic hydroxyl groups excluding tert-OH is 1. The zero-order valence-electron chi connectivity index (χ0n) is 23.7. The standard InChI is InChI=1S/C19H21F2NO2.C15H11ClF2O/c1-19(2,12-23)22-18(24)11-17(13-5-3-7-15(20)9-13)14-6-4-8-16(21)10-14;16-15(19)9-14(10-3-1-5-12(17)7-10)11-4-2-6-13(18)8-11/h3-10,17,23H,11-12H2,1-2H3,(H,22,24);1-8,14H,9H2. The Morgan fingerprint density at radius 3 is 1.28 bits per heavy atom. The first-order valence-electron chi connectivity index (χ1n) is 13.5. The summed E-state index contributed by atoms with van der Waals surface area (Å²) in [7, 11) is 0. The second-order valence-electron chi connectivity index (χ2n) is 10.7. The summed E-state index contributed by atoms with van der Waals surface area (Å²) in [5.41, 5.74) is 1.63. The van der Waals surface area contributed by atoms with E-state index in [2.05, 4.69) is 5.32 Å². The fraction of sp³-hybridized carbons (Fsp3) is 0.235. The first-order valence-corrected chi connectivity index (χ1v) is 13.9. The maximum Gasteiger partial charge on any atom is 0.222 e. The van der Waals surface area contributed by atoms with Gasteiger partial charge in [0.05, 0.1) is 12.1 Å². The summed E-state index contributed by atoms with van der Waals surface area (Å²) in [5.74, 6) is -2.85. The summed E-state index contributed by atoms with van der Waals surface area (Å²) in [4.78, 5) is 23.5. The van der Waals surface area contributed by atoms with Gasteiger partial charge in [0.25, 0.3) is 0 Å². The van der Waals surface area contributed by atoms with Crippen molar-refractivity contribution in [3.8, 4) is 0 Å². The second kappa shape index (κ2) is 15.5. The molecule has 0 atom stereocenters. The minimum absolute atomic E-state index is 0.00549. The number of nitrogens with one attached hydrogen (secondary N) is 1. The molecule has 0 heterocycles. The minimum Gasteiger partial charge on any atom is -0.394 e. The Hall–Kier alpha value is -4.01. The molecule has 0 saturated heterocycles. The summed E-state index contributed by atoms with van der Waals surface area (Å²) >= 11 is 5.43. The van der Waals surface area contributed by atoms with Crippen LogP contribution in [0.1, 0.15) is 60.8 Å². The van der Waals surface area contributed by atoms with Crippen LogP contribution in [-0.4, -0.2) is 28.4 Å². The average molecular weight is 614 g/mol. The lowest BCUT2D eigenvalue weighted by Crippen LogP contribution is -2.46. The number of halogens is 5. The number of rotatable bonds is 10. The fourth-order valence-corrected chi connectivity index (χ4v) is 4.72. The summed E-state index contributed by atoms with van der Waals surface area (Å²) in [5, 5.41) is 11.5. The van der Waals surface area contributed by atoms with Crippen molar-refractivity contribution in [2.24, 2.45) is 0 Å². The summed E-state index contributed by atoms with van der Waals surface area (Å²) in [6.45, 7) is 3.19. The third-order valence-electron chi connectivity index (χ3n) is 6.63. The van der Waals surface area contributed by atoms with Crippen LogP contribution in [-0.2, 0) is 9.59 Å². The molecule has 226 valence electrons. The normalized spacial score (nSPS) is 11.2. The largest absolute Gasteiger partial charge is 0.394 e. The van der Waals surface area contributed by atoms with Gasteiger partial charge in [0.1, 0.15) is 23.3 Å². The maximum atomic E-state index is 13.6. The Bertz CT molecular complexity index is 1450. The van der Waals surface area contributed by atoms with Crippen LogP contribution in [0.2, 0.25) is 0 Å². The molecule has 0 aliphatic rings. The van der Waals surface area contributed by atoms with Gasteiger partial charge in [-0.25, -0.2) is 17.6 Å². The fourth-order valence-electron chi connectivity index (χ4n) is 4.56. The molecule has 9 heteroatoms. The molecule has 4 nitrogen and oxygen atoms in total. The van der Waals surface area contributed by atoms with Gasteiger partial charge in [0, 0.05) is 24.7 Å².